The number of para-hydroxylation sites is 1. The molecule has 1 aromatic heterocycles. The lowest BCUT2D eigenvalue weighted by Crippen LogP contribution is -2.36. The average Bonchev–Trinajstić information content (AvgIpc) is 3.19. The van der Waals surface area contributed by atoms with Gasteiger partial charge in [-0.15, -0.1) is 0 Å². The molecule has 2 aromatic carbocycles. The molecule has 0 fully saturated rings. The molecule has 1 amide bonds. The van der Waals surface area contributed by atoms with Crippen LogP contribution in [0.1, 0.15) is 27.2 Å². The second-order valence-corrected chi connectivity index (χ2v) is 7.03. The average molecular weight is 420 g/mol. The quantitative estimate of drug-likeness (QED) is 0.335. The Labute approximate surface area is 179 Å². The number of guanidine groups is 1. The Hall–Kier alpha value is -3.98. The van der Waals surface area contributed by atoms with Gasteiger partial charge in [0.2, 0.25) is 0 Å². The van der Waals surface area contributed by atoms with Crippen LogP contribution in [0, 0.1) is 6.92 Å². The summed E-state index contributed by atoms with van der Waals surface area (Å²) in [7, 11) is 0. The van der Waals surface area contributed by atoms with Crippen molar-refractivity contribution in [3.8, 4) is 5.69 Å². The second kappa shape index (κ2) is 9.68. The SMILES string of the molecule is Cc1ccn(-c2ccccc2CN=C(N)NC(=O)c2ccc(C[C@H](N)C(=O)O)cc2)n1. The second-order valence-electron chi connectivity index (χ2n) is 7.03. The molecule has 3 rings (SSSR count). The maximum absolute atomic E-state index is 12.4. The number of aryl methyl sites for hydroxylation is 1. The highest BCUT2D eigenvalue weighted by Gasteiger charge is 2.13. The normalized spacial score (nSPS) is 12.4. The Kier molecular flexibility index (Phi) is 6.78. The van der Waals surface area contributed by atoms with E-state index in [4.69, 9.17) is 16.6 Å². The lowest BCUT2D eigenvalue weighted by molar-refractivity contribution is -0.138. The molecule has 31 heavy (non-hydrogen) atoms. The van der Waals surface area contributed by atoms with Crippen molar-refractivity contribution in [2.45, 2.75) is 25.9 Å². The monoisotopic (exact) mass is 420 g/mol. The van der Waals surface area contributed by atoms with Gasteiger partial charge in [0.05, 0.1) is 17.9 Å². The molecule has 0 aliphatic heterocycles. The van der Waals surface area contributed by atoms with Gasteiger partial charge in [0.1, 0.15) is 6.04 Å². The number of carbonyl (C=O) groups is 2. The number of rotatable bonds is 7. The summed E-state index contributed by atoms with van der Waals surface area (Å²) in [5.74, 6) is -1.49. The molecule has 0 radical (unpaired) electrons. The lowest BCUT2D eigenvalue weighted by Gasteiger charge is -2.09. The lowest BCUT2D eigenvalue weighted by atomic mass is 10.0. The topological polar surface area (TPSA) is 149 Å². The van der Waals surface area contributed by atoms with Gasteiger partial charge >= 0.3 is 5.97 Å². The van der Waals surface area contributed by atoms with Crippen molar-refractivity contribution in [3.63, 3.8) is 0 Å². The molecule has 3 aromatic rings. The standard InChI is InChI=1S/C22H24N6O3/c1-14-10-11-28(27-14)19-5-3-2-4-17(19)13-25-22(24)26-20(29)16-8-6-15(7-9-16)12-18(23)21(30)31/h2-11,18H,12-13,23H2,1H3,(H,30,31)(H3,24,25,26,29)/t18-/m0/s1. The zero-order valence-electron chi connectivity index (χ0n) is 17.0. The molecule has 9 nitrogen and oxygen atoms in total. The van der Waals surface area contributed by atoms with Crippen molar-refractivity contribution in [1.82, 2.24) is 15.1 Å². The fraction of sp³-hybridized carbons (Fsp3) is 0.182. The number of carboxylic acid groups (broad SMARTS) is 1. The van der Waals surface area contributed by atoms with Crippen LogP contribution in [0.25, 0.3) is 5.69 Å². The summed E-state index contributed by atoms with van der Waals surface area (Å²) in [6.45, 7) is 2.19. The molecule has 0 unspecified atom stereocenters. The van der Waals surface area contributed by atoms with Crippen LogP contribution in [0.4, 0.5) is 0 Å². The third kappa shape index (κ3) is 5.77. The van der Waals surface area contributed by atoms with Crippen molar-refractivity contribution in [1.29, 1.82) is 0 Å². The Morgan fingerprint density at radius 1 is 1.16 bits per heavy atom. The van der Waals surface area contributed by atoms with Gasteiger partial charge in [-0.25, -0.2) is 9.67 Å². The molecule has 0 spiro atoms. The van der Waals surface area contributed by atoms with E-state index in [1.165, 1.54) is 0 Å². The van der Waals surface area contributed by atoms with Crippen LogP contribution in [0.3, 0.4) is 0 Å². The van der Waals surface area contributed by atoms with Gasteiger partial charge in [-0.2, -0.15) is 5.10 Å². The number of nitrogens with zero attached hydrogens (tertiary/aromatic N) is 3. The van der Waals surface area contributed by atoms with Crippen LogP contribution < -0.4 is 16.8 Å². The fourth-order valence-electron chi connectivity index (χ4n) is 2.95. The van der Waals surface area contributed by atoms with Gasteiger partial charge in [-0.1, -0.05) is 30.3 Å². The summed E-state index contributed by atoms with van der Waals surface area (Å²) in [6, 6.07) is 15.1. The number of hydrogen-bond acceptors (Lipinski definition) is 5. The highest BCUT2D eigenvalue weighted by atomic mass is 16.4. The molecule has 6 N–H and O–H groups in total. The molecular formula is C22H24N6O3. The number of benzene rings is 2. The van der Waals surface area contributed by atoms with E-state index < -0.39 is 17.9 Å². The van der Waals surface area contributed by atoms with E-state index in [0.29, 0.717) is 5.56 Å². The predicted molar refractivity (Wildman–Crippen MR) is 117 cm³/mol. The molecular weight excluding hydrogens is 396 g/mol. The van der Waals surface area contributed by atoms with E-state index in [0.717, 1.165) is 22.5 Å². The van der Waals surface area contributed by atoms with Gasteiger partial charge in [-0.05, 0) is 48.7 Å². The number of hydrogen-bond donors (Lipinski definition) is 4. The largest absolute Gasteiger partial charge is 0.480 e. The Bertz CT molecular complexity index is 1100. The number of aromatic nitrogens is 2. The van der Waals surface area contributed by atoms with Crippen molar-refractivity contribution in [3.05, 3.63) is 83.2 Å². The van der Waals surface area contributed by atoms with E-state index >= 15 is 0 Å². The summed E-state index contributed by atoms with van der Waals surface area (Å²) in [6.07, 6.45) is 2.05. The summed E-state index contributed by atoms with van der Waals surface area (Å²) in [5, 5.41) is 15.9. The zero-order valence-corrected chi connectivity index (χ0v) is 17.0. The molecule has 0 saturated heterocycles. The minimum absolute atomic E-state index is 0.00609. The number of carboxylic acids is 1. The van der Waals surface area contributed by atoms with Crippen LogP contribution >= 0.6 is 0 Å². The highest BCUT2D eigenvalue weighted by Crippen LogP contribution is 2.15. The van der Waals surface area contributed by atoms with E-state index in [1.54, 1.807) is 28.9 Å². The predicted octanol–water partition coefficient (Wildman–Crippen LogP) is 1.38. The van der Waals surface area contributed by atoms with E-state index in [2.05, 4.69) is 15.4 Å². The molecule has 160 valence electrons. The van der Waals surface area contributed by atoms with Crippen molar-refractivity contribution >= 4 is 17.8 Å². The van der Waals surface area contributed by atoms with E-state index in [1.807, 2.05) is 43.5 Å². The first-order chi connectivity index (χ1) is 14.8. The third-order valence-corrected chi connectivity index (χ3v) is 4.61. The maximum Gasteiger partial charge on any atom is 0.320 e. The van der Waals surface area contributed by atoms with Gasteiger partial charge in [0.25, 0.3) is 5.91 Å². The number of nitrogens with one attached hydrogen (secondary N) is 1. The molecule has 1 heterocycles. The molecule has 0 bridgehead atoms. The summed E-state index contributed by atoms with van der Waals surface area (Å²) in [5.41, 5.74) is 15.2. The Morgan fingerprint density at radius 3 is 2.52 bits per heavy atom. The summed E-state index contributed by atoms with van der Waals surface area (Å²) >= 11 is 0. The van der Waals surface area contributed by atoms with Gasteiger partial charge in [0, 0.05) is 11.8 Å². The van der Waals surface area contributed by atoms with Crippen molar-refractivity contribution in [2.75, 3.05) is 0 Å². The van der Waals surface area contributed by atoms with Crippen LogP contribution in [-0.4, -0.2) is 38.8 Å². The number of amides is 1. The van der Waals surface area contributed by atoms with Crippen LogP contribution in [0.5, 0.6) is 0 Å². The molecule has 0 saturated carbocycles. The van der Waals surface area contributed by atoms with Crippen LogP contribution in [0.15, 0.2) is 65.8 Å². The first kappa shape index (κ1) is 21.7. The number of nitrogens with two attached hydrogens (primary N) is 2. The highest BCUT2D eigenvalue weighted by molar-refractivity contribution is 6.05. The van der Waals surface area contributed by atoms with Crippen molar-refractivity contribution < 1.29 is 14.7 Å². The summed E-state index contributed by atoms with van der Waals surface area (Å²) < 4.78 is 1.77. The van der Waals surface area contributed by atoms with Gasteiger partial charge in [-0.3, -0.25) is 14.9 Å². The third-order valence-electron chi connectivity index (χ3n) is 4.61. The maximum atomic E-state index is 12.4. The molecule has 1 atom stereocenters. The number of aliphatic carboxylic acids is 1. The van der Waals surface area contributed by atoms with Crippen LogP contribution in [-0.2, 0) is 17.8 Å². The fourth-order valence-corrected chi connectivity index (χ4v) is 2.95. The van der Waals surface area contributed by atoms with Crippen LogP contribution in [0.2, 0.25) is 0 Å². The van der Waals surface area contributed by atoms with Gasteiger partial charge in [0.15, 0.2) is 5.96 Å². The summed E-state index contributed by atoms with van der Waals surface area (Å²) in [4.78, 5) is 27.5. The Morgan fingerprint density at radius 2 is 1.87 bits per heavy atom. The molecule has 0 aliphatic carbocycles. The first-order valence-corrected chi connectivity index (χ1v) is 9.62. The minimum atomic E-state index is -1.07. The Balaban J connectivity index is 1.63. The number of aliphatic imine (C=N–C) groups is 1. The number of carbonyl (C=O) groups excluding carboxylic acids is 1. The van der Waals surface area contributed by atoms with E-state index in [9.17, 15) is 9.59 Å². The zero-order chi connectivity index (χ0) is 22.4. The minimum Gasteiger partial charge on any atom is -0.480 e. The van der Waals surface area contributed by atoms with E-state index in [-0.39, 0.29) is 18.9 Å². The molecule has 9 heteroatoms. The first-order valence-electron chi connectivity index (χ1n) is 9.62. The smallest absolute Gasteiger partial charge is 0.320 e. The molecule has 0 aliphatic rings. The van der Waals surface area contributed by atoms with Gasteiger partial charge < -0.3 is 16.6 Å². The van der Waals surface area contributed by atoms with Crippen molar-refractivity contribution in [2.24, 2.45) is 16.5 Å².